The first-order valence-electron chi connectivity index (χ1n) is 9.63. The molecule has 3 aromatic carbocycles. The zero-order chi connectivity index (χ0) is 25.0. The standard InChI is InChI=1S/C23H18Cl3NO6S/c1-32-22(30)11-7-12(23(31)33-2)9-13(8-11)27-21(29)16-10-17(34-20(26)19(24)25)14-5-3-4-6-15(14)18(16)28/h3-10,19-20,28H,1-2H3,(H,27,29). The number of carbonyl (C=O) groups is 3. The van der Waals surface area contributed by atoms with E-state index in [0.717, 1.165) is 11.8 Å². The number of benzene rings is 3. The third-order valence-electron chi connectivity index (χ3n) is 4.69. The molecule has 0 aliphatic heterocycles. The van der Waals surface area contributed by atoms with E-state index in [1.807, 2.05) is 0 Å². The third kappa shape index (κ3) is 5.70. The van der Waals surface area contributed by atoms with Gasteiger partial charge in [-0.05, 0) is 29.7 Å². The predicted molar refractivity (Wildman–Crippen MR) is 134 cm³/mol. The molecule has 3 rings (SSSR count). The van der Waals surface area contributed by atoms with Gasteiger partial charge in [0.05, 0.1) is 30.9 Å². The number of nitrogens with one attached hydrogen (secondary N) is 1. The van der Waals surface area contributed by atoms with Gasteiger partial charge in [0, 0.05) is 16.0 Å². The van der Waals surface area contributed by atoms with Crippen molar-refractivity contribution in [3.05, 3.63) is 65.2 Å². The number of anilines is 1. The van der Waals surface area contributed by atoms with Gasteiger partial charge < -0.3 is 19.9 Å². The fraction of sp³-hybridized carbons (Fsp3) is 0.174. The molecule has 0 spiro atoms. The molecule has 0 bridgehead atoms. The number of thioether (sulfide) groups is 1. The number of fused-ring (bicyclic) bond motifs is 1. The molecule has 0 fully saturated rings. The van der Waals surface area contributed by atoms with Crippen LogP contribution < -0.4 is 5.32 Å². The topological polar surface area (TPSA) is 102 Å². The number of methoxy groups -OCH3 is 2. The first kappa shape index (κ1) is 26.0. The van der Waals surface area contributed by atoms with E-state index in [4.69, 9.17) is 44.3 Å². The summed E-state index contributed by atoms with van der Waals surface area (Å²) in [4.78, 5) is 36.9. The SMILES string of the molecule is COC(=O)c1cc(NC(=O)c2cc(SC(Cl)C(Cl)Cl)c3ccccc3c2O)cc(C(=O)OC)c1. The minimum atomic E-state index is -0.880. The first-order chi connectivity index (χ1) is 16.2. The Balaban J connectivity index is 2.06. The van der Waals surface area contributed by atoms with Crippen molar-refractivity contribution >= 4 is 80.9 Å². The minimum absolute atomic E-state index is 0.0277. The summed E-state index contributed by atoms with van der Waals surface area (Å²) < 4.78 is 8.70. The van der Waals surface area contributed by atoms with Crippen molar-refractivity contribution in [2.45, 2.75) is 14.4 Å². The first-order valence-corrected chi connectivity index (χ1v) is 11.8. The molecular weight excluding hydrogens is 525 g/mol. The van der Waals surface area contributed by atoms with E-state index in [1.54, 1.807) is 24.3 Å². The van der Waals surface area contributed by atoms with Crippen LogP contribution in [0.25, 0.3) is 10.8 Å². The van der Waals surface area contributed by atoms with E-state index >= 15 is 0 Å². The Morgan fingerprint density at radius 2 is 1.47 bits per heavy atom. The number of ether oxygens (including phenoxy) is 2. The zero-order valence-corrected chi connectivity index (χ0v) is 20.9. The van der Waals surface area contributed by atoms with E-state index in [2.05, 4.69) is 5.32 Å². The number of phenolic OH excluding ortho intramolecular Hbond substituents is 1. The number of hydrogen-bond donors (Lipinski definition) is 2. The maximum atomic E-state index is 13.2. The molecule has 0 aromatic heterocycles. The van der Waals surface area contributed by atoms with Crippen LogP contribution in [0.5, 0.6) is 5.75 Å². The normalized spacial score (nSPS) is 11.8. The number of aromatic hydroxyl groups is 1. The van der Waals surface area contributed by atoms with Crippen LogP contribution in [0.15, 0.2) is 53.4 Å². The summed E-state index contributed by atoms with van der Waals surface area (Å²) in [6.07, 6.45) is 0. The Hall–Kier alpha value is -2.65. The maximum Gasteiger partial charge on any atom is 0.337 e. The quantitative estimate of drug-likeness (QED) is 0.220. The minimum Gasteiger partial charge on any atom is -0.506 e. The second-order valence-electron chi connectivity index (χ2n) is 6.86. The summed E-state index contributed by atoms with van der Waals surface area (Å²) in [5.74, 6) is -2.37. The smallest absolute Gasteiger partial charge is 0.337 e. The van der Waals surface area contributed by atoms with Gasteiger partial charge in [0.25, 0.3) is 5.91 Å². The number of amides is 1. The van der Waals surface area contributed by atoms with E-state index in [1.165, 1.54) is 38.5 Å². The van der Waals surface area contributed by atoms with Gasteiger partial charge in [-0.3, -0.25) is 4.79 Å². The third-order valence-corrected chi connectivity index (χ3v) is 7.36. The summed E-state index contributed by atoms with van der Waals surface area (Å²) >= 11 is 19.1. The zero-order valence-electron chi connectivity index (χ0n) is 17.8. The molecule has 7 nitrogen and oxygen atoms in total. The van der Waals surface area contributed by atoms with Crippen LogP contribution in [0.2, 0.25) is 0 Å². The van der Waals surface area contributed by atoms with Crippen molar-refractivity contribution in [1.82, 2.24) is 0 Å². The molecule has 2 N–H and O–H groups in total. The van der Waals surface area contributed by atoms with Crippen LogP contribution >= 0.6 is 46.6 Å². The maximum absolute atomic E-state index is 13.2. The summed E-state index contributed by atoms with van der Waals surface area (Å²) in [6.45, 7) is 0. The van der Waals surface area contributed by atoms with Crippen molar-refractivity contribution in [2.75, 3.05) is 19.5 Å². The van der Waals surface area contributed by atoms with Gasteiger partial charge in [0.15, 0.2) is 0 Å². The largest absolute Gasteiger partial charge is 0.506 e. The van der Waals surface area contributed by atoms with Crippen molar-refractivity contribution < 1.29 is 29.0 Å². The molecule has 1 unspecified atom stereocenters. The van der Waals surface area contributed by atoms with Gasteiger partial charge in [0.1, 0.15) is 15.3 Å². The van der Waals surface area contributed by atoms with Crippen molar-refractivity contribution in [1.29, 1.82) is 0 Å². The molecule has 178 valence electrons. The van der Waals surface area contributed by atoms with Crippen LogP contribution in [0, 0.1) is 0 Å². The van der Waals surface area contributed by atoms with Gasteiger partial charge in [0.2, 0.25) is 0 Å². The molecule has 0 saturated heterocycles. The van der Waals surface area contributed by atoms with Crippen molar-refractivity contribution in [3.8, 4) is 5.75 Å². The Kier molecular flexibility index (Phi) is 8.54. The molecule has 0 radical (unpaired) electrons. The molecule has 0 heterocycles. The fourth-order valence-electron chi connectivity index (χ4n) is 3.14. The van der Waals surface area contributed by atoms with Crippen molar-refractivity contribution in [2.24, 2.45) is 0 Å². The van der Waals surface area contributed by atoms with Gasteiger partial charge in [-0.15, -0.1) is 46.6 Å². The average molecular weight is 543 g/mol. The lowest BCUT2D eigenvalue weighted by Gasteiger charge is -2.16. The van der Waals surface area contributed by atoms with Crippen LogP contribution in [0.4, 0.5) is 5.69 Å². The number of carbonyl (C=O) groups excluding carboxylic acids is 3. The highest BCUT2D eigenvalue weighted by atomic mass is 35.5. The molecule has 0 aliphatic carbocycles. The molecule has 1 amide bonds. The van der Waals surface area contributed by atoms with Crippen molar-refractivity contribution in [3.63, 3.8) is 0 Å². The van der Waals surface area contributed by atoms with E-state index < -0.39 is 27.4 Å². The van der Waals surface area contributed by atoms with Gasteiger partial charge in [-0.25, -0.2) is 9.59 Å². The lowest BCUT2D eigenvalue weighted by Crippen LogP contribution is -2.15. The molecule has 0 saturated carbocycles. The highest BCUT2D eigenvalue weighted by Gasteiger charge is 2.22. The number of alkyl halides is 3. The van der Waals surface area contributed by atoms with Crippen LogP contribution in [0.1, 0.15) is 31.1 Å². The van der Waals surface area contributed by atoms with Crippen LogP contribution in [-0.2, 0) is 9.47 Å². The summed E-state index contributed by atoms with van der Waals surface area (Å²) in [7, 11) is 2.38. The Bertz CT molecular complexity index is 1230. The Morgan fingerprint density at radius 1 is 0.912 bits per heavy atom. The number of phenols is 1. The molecular formula is C23H18Cl3NO6S. The Labute approximate surface area is 214 Å². The lowest BCUT2D eigenvalue weighted by atomic mass is 10.0. The second-order valence-corrected chi connectivity index (χ2v) is 9.93. The van der Waals surface area contributed by atoms with Gasteiger partial charge >= 0.3 is 11.9 Å². The molecule has 11 heteroatoms. The number of hydrogen-bond acceptors (Lipinski definition) is 7. The van der Waals surface area contributed by atoms with Gasteiger partial charge in [-0.2, -0.15) is 0 Å². The average Bonchev–Trinajstić information content (AvgIpc) is 2.84. The monoisotopic (exact) mass is 541 g/mol. The van der Waals surface area contributed by atoms with Crippen LogP contribution in [-0.4, -0.2) is 46.7 Å². The fourth-order valence-corrected chi connectivity index (χ4v) is 4.57. The van der Waals surface area contributed by atoms with Gasteiger partial charge in [-0.1, -0.05) is 24.3 Å². The number of rotatable bonds is 7. The predicted octanol–water partition coefficient (Wildman–Crippen LogP) is 5.83. The highest BCUT2D eigenvalue weighted by molar-refractivity contribution is 8.01. The summed E-state index contributed by atoms with van der Waals surface area (Å²) in [5, 5.41) is 14.5. The Morgan fingerprint density at radius 3 is 2.00 bits per heavy atom. The van der Waals surface area contributed by atoms with E-state index in [0.29, 0.717) is 15.7 Å². The van der Waals surface area contributed by atoms with Crippen LogP contribution in [0.3, 0.4) is 0 Å². The summed E-state index contributed by atoms with van der Waals surface area (Å²) in [6, 6.07) is 12.3. The highest BCUT2D eigenvalue weighted by Crippen LogP contribution is 2.41. The second kappa shape index (κ2) is 11.2. The molecule has 1 atom stereocenters. The van der Waals surface area contributed by atoms with E-state index in [9.17, 15) is 19.5 Å². The molecule has 3 aromatic rings. The summed E-state index contributed by atoms with van der Waals surface area (Å²) in [5.41, 5.74) is 0.112. The molecule has 34 heavy (non-hydrogen) atoms. The number of esters is 2. The molecule has 0 aliphatic rings. The number of halogens is 3. The lowest BCUT2D eigenvalue weighted by molar-refractivity contribution is 0.0598. The van der Waals surface area contributed by atoms with E-state index in [-0.39, 0.29) is 28.1 Å².